The van der Waals surface area contributed by atoms with Crippen LogP contribution in [0.4, 0.5) is 11.4 Å². The van der Waals surface area contributed by atoms with Gasteiger partial charge in [0.15, 0.2) is 0 Å². The highest BCUT2D eigenvalue weighted by molar-refractivity contribution is 5.57. The minimum absolute atomic E-state index is 0. The molecule has 2 rings (SSSR count). The lowest BCUT2D eigenvalue weighted by Gasteiger charge is -2.33. The van der Waals surface area contributed by atoms with Crippen LogP contribution >= 0.6 is 0 Å². The number of hydrogen-bond donors (Lipinski definition) is 0. The van der Waals surface area contributed by atoms with E-state index >= 15 is 0 Å². The van der Waals surface area contributed by atoms with Crippen molar-refractivity contribution in [3.63, 3.8) is 0 Å². The van der Waals surface area contributed by atoms with Gasteiger partial charge in [-0.3, -0.25) is 4.48 Å². The Morgan fingerprint density at radius 2 is 0.714 bits per heavy atom. The number of para-hydroxylation sites is 2. The molecule has 0 unspecified atom stereocenters. The summed E-state index contributed by atoms with van der Waals surface area (Å²) >= 11 is 0. The highest BCUT2D eigenvalue weighted by atomic mass is 35.5. The molecule has 1 nitrogen and oxygen atoms in total. The fraction of sp³-hybridized carbons (Fsp3) is 0.636. The van der Waals surface area contributed by atoms with Crippen molar-refractivity contribution in [2.75, 3.05) is 13.6 Å². The summed E-state index contributed by atoms with van der Waals surface area (Å²) in [4.78, 5) is 0. The molecule has 0 heterocycles. The molecule has 0 bridgehead atoms. The SMILES string of the molecule is CCCCCCCCCCCCCCCCCCCC[N+](C)(c1ccccc1)c1ccccc1.[Cl-]. The molecule has 0 spiro atoms. The predicted octanol–water partition coefficient (Wildman–Crippen LogP) is 8.00. The molecule has 0 atom stereocenters. The third-order valence-corrected chi connectivity index (χ3v) is 7.61. The van der Waals surface area contributed by atoms with Gasteiger partial charge in [0, 0.05) is 0 Å². The zero-order chi connectivity index (χ0) is 24.2. The van der Waals surface area contributed by atoms with Gasteiger partial charge in [0.2, 0.25) is 0 Å². The van der Waals surface area contributed by atoms with Crippen molar-refractivity contribution in [3.8, 4) is 0 Å². The third kappa shape index (κ3) is 13.5. The molecule has 2 heteroatoms. The number of hydrogen-bond acceptors (Lipinski definition) is 0. The van der Waals surface area contributed by atoms with Crippen molar-refractivity contribution in [1.82, 2.24) is 4.48 Å². The van der Waals surface area contributed by atoms with Crippen LogP contribution in [0.15, 0.2) is 60.7 Å². The summed E-state index contributed by atoms with van der Waals surface area (Å²) in [6, 6.07) is 22.0. The van der Waals surface area contributed by atoms with Crippen molar-refractivity contribution in [2.45, 2.75) is 122 Å². The second-order valence-electron chi connectivity index (χ2n) is 10.6. The molecule has 2 aromatic rings. The predicted molar refractivity (Wildman–Crippen MR) is 154 cm³/mol. The Kier molecular flexibility index (Phi) is 18.9. The number of unbranched alkanes of at least 4 members (excludes halogenated alkanes) is 17. The fourth-order valence-corrected chi connectivity index (χ4v) is 5.25. The van der Waals surface area contributed by atoms with Gasteiger partial charge < -0.3 is 12.4 Å². The minimum atomic E-state index is 0. The van der Waals surface area contributed by atoms with E-state index in [0.29, 0.717) is 0 Å². The second kappa shape index (κ2) is 20.8. The Labute approximate surface area is 224 Å². The third-order valence-electron chi connectivity index (χ3n) is 7.61. The van der Waals surface area contributed by atoms with Crippen LogP contribution in [0.2, 0.25) is 0 Å². The normalized spacial score (nSPS) is 11.4. The maximum atomic E-state index is 2.37. The van der Waals surface area contributed by atoms with Gasteiger partial charge in [-0.05, 0) is 37.1 Å². The quantitative estimate of drug-likeness (QED) is 0.120. The molecular weight excluding hydrogens is 446 g/mol. The molecule has 0 saturated heterocycles. The summed E-state index contributed by atoms with van der Waals surface area (Å²) in [6.45, 7) is 3.47. The first-order valence-electron chi connectivity index (χ1n) is 14.7. The van der Waals surface area contributed by atoms with Crippen LogP contribution in [0.3, 0.4) is 0 Å². The standard InChI is InChI=1S/C33H54N.ClH/c1-3-4-5-6-7-8-9-10-11-12-13-14-15-16-17-18-19-26-31-34(2,32-27-22-20-23-28-32)33-29-24-21-25-30-33;/h20-25,27-30H,3-19,26,31H2,1-2H3;1H/q+1;/p-1. The molecule has 0 aliphatic heterocycles. The fourth-order valence-electron chi connectivity index (χ4n) is 5.25. The summed E-state index contributed by atoms with van der Waals surface area (Å²) in [5.74, 6) is 0. The van der Waals surface area contributed by atoms with E-state index in [4.69, 9.17) is 0 Å². The number of quaternary nitrogens is 1. The maximum Gasteiger partial charge on any atom is 0.137 e. The van der Waals surface area contributed by atoms with Gasteiger partial charge in [0.1, 0.15) is 11.4 Å². The van der Waals surface area contributed by atoms with E-state index in [0.717, 1.165) is 4.48 Å². The summed E-state index contributed by atoms with van der Waals surface area (Å²) in [7, 11) is 2.37. The Morgan fingerprint density at radius 3 is 1.03 bits per heavy atom. The molecule has 0 N–H and O–H groups in total. The van der Waals surface area contributed by atoms with E-state index in [1.54, 1.807) is 0 Å². The van der Waals surface area contributed by atoms with Crippen LogP contribution in [0.5, 0.6) is 0 Å². The Hall–Kier alpha value is -1.31. The molecular formula is C33H54ClN. The van der Waals surface area contributed by atoms with Crippen molar-refractivity contribution in [2.24, 2.45) is 0 Å². The zero-order valence-electron chi connectivity index (χ0n) is 23.0. The van der Waals surface area contributed by atoms with Crippen LogP contribution < -0.4 is 16.9 Å². The molecule has 0 aliphatic rings. The lowest BCUT2D eigenvalue weighted by atomic mass is 10.0. The lowest BCUT2D eigenvalue weighted by molar-refractivity contribution is -0.00000724. The number of nitrogens with zero attached hydrogens (tertiary/aromatic N) is 1. The average molecular weight is 500 g/mol. The van der Waals surface area contributed by atoms with Crippen LogP contribution in [-0.2, 0) is 0 Å². The Bertz CT molecular complexity index is 660. The van der Waals surface area contributed by atoms with Gasteiger partial charge >= 0.3 is 0 Å². The largest absolute Gasteiger partial charge is 1.00 e. The van der Waals surface area contributed by atoms with Crippen molar-refractivity contribution < 1.29 is 12.4 Å². The van der Waals surface area contributed by atoms with Gasteiger partial charge in [-0.15, -0.1) is 0 Å². The molecule has 0 saturated carbocycles. The molecule has 0 amide bonds. The van der Waals surface area contributed by atoms with E-state index in [9.17, 15) is 0 Å². The molecule has 0 fully saturated rings. The molecule has 2 aromatic carbocycles. The molecule has 198 valence electrons. The first-order chi connectivity index (χ1) is 16.8. The molecule has 0 radical (unpaired) electrons. The monoisotopic (exact) mass is 499 g/mol. The van der Waals surface area contributed by atoms with Gasteiger partial charge in [0.05, 0.1) is 13.6 Å². The number of benzene rings is 2. The van der Waals surface area contributed by atoms with Crippen molar-refractivity contribution in [1.29, 1.82) is 0 Å². The van der Waals surface area contributed by atoms with Crippen molar-refractivity contribution >= 4 is 11.4 Å². The van der Waals surface area contributed by atoms with Gasteiger partial charge in [-0.1, -0.05) is 146 Å². The van der Waals surface area contributed by atoms with Crippen LogP contribution in [0.25, 0.3) is 0 Å². The summed E-state index contributed by atoms with van der Waals surface area (Å²) in [5, 5.41) is 0. The van der Waals surface area contributed by atoms with Crippen LogP contribution in [0.1, 0.15) is 122 Å². The minimum Gasteiger partial charge on any atom is -1.00 e. The van der Waals surface area contributed by atoms with Gasteiger partial charge in [0.25, 0.3) is 0 Å². The van der Waals surface area contributed by atoms with E-state index in [1.165, 1.54) is 133 Å². The zero-order valence-corrected chi connectivity index (χ0v) is 23.8. The Balaban J connectivity index is 0.00000612. The first-order valence-corrected chi connectivity index (χ1v) is 14.7. The summed E-state index contributed by atoms with van der Waals surface area (Å²) in [5.41, 5.74) is 2.78. The highest BCUT2D eigenvalue weighted by Gasteiger charge is 2.27. The van der Waals surface area contributed by atoms with Crippen LogP contribution in [-0.4, -0.2) is 13.6 Å². The number of halogens is 1. The van der Waals surface area contributed by atoms with Crippen LogP contribution in [0, 0.1) is 0 Å². The van der Waals surface area contributed by atoms with Gasteiger partial charge in [-0.25, -0.2) is 0 Å². The maximum absolute atomic E-state index is 2.37. The van der Waals surface area contributed by atoms with Crippen molar-refractivity contribution in [3.05, 3.63) is 60.7 Å². The lowest BCUT2D eigenvalue weighted by Crippen LogP contribution is -3.00. The topological polar surface area (TPSA) is 0 Å². The molecule has 0 aromatic heterocycles. The van der Waals surface area contributed by atoms with E-state index in [-0.39, 0.29) is 12.4 Å². The molecule has 0 aliphatic carbocycles. The number of rotatable bonds is 21. The summed E-state index contributed by atoms with van der Waals surface area (Å²) in [6.07, 6.45) is 25.8. The Morgan fingerprint density at radius 1 is 0.429 bits per heavy atom. The summed E-state index contributed by atoms with van der Waals surface area (Å²) < 4.78 is 0.903. The smallest absolute Gasteiger partial charge is 0.137 e. The second-order valence-corrected chi connectivity index (χ2v) is 10.6. The molecule has 35 heavy (non-hydrogen) atoms. The van der Waals surface area contributed by atoms with Gasteiger partial charge in [-0.2, -0.15) is 0 Å². The van der Waals surface area contributed by atoms with E-state index < -0.39 is 0 Å². The average Bonchev–Trinajstić information content (AvgIpc) is 2.89. The van der Waals surface area contributed by atoms with E-state index in [1.807, 2.05) is 0 Å². The highest BCUT2D eigenvalue weighted by Crippen LogP contribution is 2.33. The van der Waals surface area contributed by atoms with E-state index in [2.05, 4.69) is 74.6 Å². The first kappa shape index (κ1) is 31.7.